The highest BCUT2D eigenvalue weighted by Gasteiger charge is 2.63. The summed E-state index contributed by atoms with van der Waals surface area (Å²) in [6.45, 7) is 0. The minimum absolute atomic E-state index is 3.18. The SMILES string of the molecule is O=P(O)(O)OC1[C@@H](OP(=O)(O)O)[C@H](OP(=O)(O)O)C(OP(=O)(O)OP(=O)(O)OP(=O)(O)O)[C@H](OP(=O)(O)O)[C@H]1OP(=O)(O)O. The Balaban J connectivity index is 4.11. The van der Waals surface area contributed by atoms with Gasteiger partial charge in [0.1, 0.15) is 36.6 Å². The molecule has 0 spiro atoms. The van der Waals surface area contributed by atoms with Crippen LogP contribution >= 0.6 is 62.6 Å². The van der Waals surface area contributed by atoms with E-state index >= 15 is 0 Å². The van der Waals surface area contributed by atoms with Gasteiger partial charge in [-0.2, -0.15) is 8.62 Å². The Morgan fingerprint density at radius 3 is 0.659 bits per heavy atom. The first-order valence-corrected chi connectivity index (χ1v) is 21.7. The summed E-state index contributed by atoms with van der Waals surface area (Å²) in [4.78, 5) is 129. The first kappa shape index (κ1) is 43.0. The summed E-state index contributed by atoms with van der Waals surface area (Å²) in [6, 6.07) is 0. The van der Waals surface area contributed by atoms with Crippen LogP contribution in [0.15, 0.2) is 0 Å². The third kappa shape index (κ3) is 16.9. The van der Waals surface area contributed by atoms with Crippen molar-refractivity contribution in [3.63, 3.8) is 0 Å². The lowest BCUT2D eigenvalue weighted by Crippen LogP contribution is -2.66. The Kier molecular flexibility index (Phi) is 14.1. The summed E-state index contributed by atoms with van der Waals surface area (Å²) in [5, 5.41) is 0. The topological polar surface area (TPSA) is 494 Å². The second kappa shape index (κ2) is 14.4. The van der Waals surface area contributed by atoms with Crippen molar-refractivity contribution in [3.8, 4) is 0 Å². The van der Waals surface area contributed by atoms with Crippen LogP contribution in [0.1, 0.15) is 0 Å². The van der Waals surface area contributed by atoms with Gasteiger partial charge in [-0.1, -0.05) is 0 Å². The molecule has 0 amide bonds. The van der Waals surface area contributed by atoms with Crippen LogP contribution in [0.25, 0.3) is 0 Å². The molecule has 0 aliphatic heterocycles. The first-order chi connectivity index (χ1) is 19.0. The average molecular weight is 820 g/mol. The van der Waals surface area contributed by atoms with Gasteiger partial charge < -0.3 is 68.5 Å². The van der Waals surface area contributed by atoms with E-state index in [1.807, 2.05) is 0 Å². The monoisotopic (exact) mass is 820 g/mol. The molecule has 0 aromatic carbocycles. The predicted octanol–water partition coefficient (Wildman–Crippen LogP) is -2.90. The van der Waals surface area contributed by atoms with Crippen molar-refractivity contribution in [2.24, 2.45) is 0 Å². The maximum absolute atomic E-state index is 12.5. The van der Waals surface area contributed by atoms with Gasteiger partial charge in [0.15, 0.2) is 0 Å². The Morgan fingerprint density at radius 1 is 0.273 bits per heavy atom. The molecule has 264 valence electrons. The number of hydrogen-bond donors (Lipinski definition) is 14. The smallest absolute Gasteiger partial charge is 0.303 e. The van der Waals surface area contributed by atoms with Crippen LogP contribution in [-0.2, 0) is 72.3 Å². The first-order valence-electron chi connectivity index (χ1n) is 9.50. The van der Waals surface area contributed by atoms with E-state index in [-0.39, 0.29) is 0 Å². The molecule has 0 aromatic heterocycles. The highest BCUT2D eigenvalue weighted by molar-refractivity contribution is 7.66. The standard InChI is InChI=1S/C6H20O30P8/c7-37(8,9)29-1-2(30-38(10,11)12)4(32-40(16,17)18)6(5(33-41(19,20)21)3(1)31-39(13,14)15)34-43(25,26)36-44(27,28)35-42(22,23)24/h1-6H,(H,25,26)(H,27,28)(H2,7,8,9)(H2,10,11,12)(H2,13,14,15)(H2,16,17,18)(H2,19,20,21)(H2,22,23,24)/t1?,2-,3+,4+,5-,6?. The van der Waals surface area contributed by atoms with E-state index in [1.54, 1.807) is 0 Å². The molecule has 1 aliphatic carbocycles. The Labute approximate surface area is 240 Å². The van der Waals surface area contributed by atoms with E-state index in [1.165, 1.54) is 0 Å². The van der Waals surface area contributed by atoms with Crippen molar-refractivity contribution < 1.29 is 141 Å². The molecule has 0 aromatic rings. The van der Waals surface area contributed by atoms with E-state index in [0.717, 1.165) is 0 Å². The summed E-state index contributed by atoms with van der Waals surface area (Å²) < 4.78 is 124. The molecule has 38 heteroatoms. The fourth-order valence-electron chi connectivity index (χ4n) is 3.09. The highest BCUT2D eigenvalue weighted by Crippen LogP contribution is 2.68. The number of rotatable bonds is 16. The molecule has 44 heavy (non-hydrogen) atoms. The molecule has 1 fully saturated rings. The van der Waals surface area contributed by atoms with Gasteiger partial charge >= 0.3 is 62.6 Å². The lowest BCUT2D eigenvalue weighted by atomic mass is 9.85. The zero-order chi connectivity index (χ0) is 35.1. The molecule has 1 saturated carbocycles. The van der Waals surface area contributed by atoms with Crippen LogP contribution in [-0.4, -0.2) is 105 Å². The molecule has 30 nitrogen and oxygen atoms in total. The van der Waals surface area contributed by atoms with Gasteiger partial charge in [-0.05, 0) is 0 Å². The van der Waals surface area contributed by atoms with E-state index in [2.05, 4.69) is 35.8 Å². The summed E-state index contributed by atoms with van der Waals surface area (Å²) in [7, 11) is -50.5. The quantitative estimate of drug-likeness (QED) is 0.0694. The minimum atomic E-state index is -6.73. The predicted molar refractivity (Wildman–Crippen MR) is 123 cm³/mol. The highest BCUT2D eigenvalue weighted by atomic mass is 31.3. The van der Waals surface area contributed by atoms with E-state index < -0.39 is 99.2 Å². The Bertz CT molecular complexity index is 1340. The zero-order valence-corrected chi connectivity index (χ0v) is 27.0. The second-order valence-corrected chi connectivity index (χ2v) is 17.8. The van der Waals surface area contributed by atoms with E-state index in [0.29, 0.717) is 0 Å². The number of hydrogen-bond acceptors (Lipinski definition) is 16. The fourth-order valence-corrected chi connectivity index (χ4v) is 9.08. The summed E-state index contributed by atoms with van der Waals surface area (Å²) >= 11 is 0. The minimum Gasteiger partial charge on any atom is -0.303 e. The molecule has 0 bridgehead atoms. The van der Waals surface area contributed by atoms with Crippen molar-refractivity contribution in [1.82, 2.24) is 0 Å². The normalized spacial score (nSPS) is 29.1. The molecule has 4 unspecified atom stereocenters. The third-order valence-electron chi connectivity index (χ3n) is 3.91. The van der Waals surface area contributed by atoms with Gasteiger partial charge in [0.25, 0.3) is 0 Å². The molecule has 14 N–H and O–H groups in total. The lowest BCUT2D eigenvalue weighted by molar-refractivity contribution is -0.201. The van der Waals surface area contributed by atoms with E-state index in [4.69, 9.17) is 9.79 Å². The molecule has 8 atom stereocenters. The molecule has 0 saturated heterocycles. The fraction of sp³-hybridized carbons (Fsp3) is 1.00. The van der Waals surface area contributed by atoms with Crippen LogP contribution < -0.4 is 0 Å². The average Bonchev–Trinajstić information content (AvgIpc) is 2.62. The van der Waals surface area contributed by atoms with Crippen LogP contribution in [0.2, 0.25) is 0 Å². The largest absolute Gasteiger partial charge is 0.490 e. The van der Waals surface area contributed by atoms with Gasteiger partial charge in [-0.15, -0.1) is 0 Å². The lowest BCUT2D eigenvalue weighted by Gasteiger charge is -2.48. The van der Waals surface area contributed by atoms with Crippen molar-refractivity contribution in [3.05, 3.63) is 0 Å². The van der Waals surface area contributed by atoms with E-state index in [9.17, 15) is 95.2 Å². The van der Waals surface area contributed by atoms with Crippen molar-refractivity contribution in [2.45, 2.75) is 36.6 Å². The van der Waals surface area contributed by atoms with Crippen molar-refractivity contribution in [1.29, 1.82) is 0 Å². The summed E-state index contributed by atoms with van der Waals surface area (Å²) in [5.74, 6) is 0. The van der Waals surface area contributed by atoms with Crippen molar-refractivity contribution in [2.75, 3.05) is 0 Å². The van der Waals surface area contributed by atoms with Gasteiger partial charge in [-0.25, -0.2) is 36.5 Å². The maximum atomic E-state index is 12.5. The molecule has 0 heterocycles. The van der Waals surface area contributed by atoms with Gasteiger partial charge in [0.2, 0.25) is 0 Å². The molecular formula is C6H20O30P8. The Hall–Kier alpha value is 0.960. The summed E-state index contributed by atoms with van der Waals surface area (Å²) in [5.41, 5.74) is 0. The van der Waals surface area contributed by atoms with Crippen LogP contribution in [0.4, 0.5) is 0 Å². The Morgan fingerprint density at radius 2 is 0.477 bits per heavy atom. The molecule has 0 radical (unpaired) electrons. The third-order valence-corrected chi connectivity index (χ3v) is 10.3. The second-order valence-electron chi connectivity index (χ2n) is 7.46. The van der Waals surface area contributed by atoms with Crippen molar-refractivity contribution >= 4 is 62.6 Å². The summed E-state index contributed by atoms with van der Waals surface area (Å²) in [6.07, 6.45) is -20.6. The molecule has 1 rings (SSSR count). The van der Waals surface area contributed by atoms with Gasteiger partial charge in [0.05, 0.1) is 0 Å². The van der Waals surface area contributed by atoms with Crippen LogP contribution in [0.3, 0.4) is 0 Å². The maximum Gasteiger partial charge on any atom is 0.490 e. The zero-order valence-electron chi connectivity index (χ0n) is 19.8. The molecule has 1 aliphatic rings. The van der Waals surface area contributed by atoms with Crippen LogP contribution in [0.5, 0.6) is 0 Å². The van der Waals surface area contributed by atoms with Crippen LogP contribution in [0, 0.1) is 0 Å². The number of phosphoric ester groups is 6. The number of phosphoric acid groups is 8. The van der Waals surface area contributed by atoms with Gasteiger partial charge in [0, 0.05) is 0 Å². The molecular weight excluding hydrogens is 800 g/mol. The van der Waals surface area contributed by atoms with Gasteiger partial charge in [-0.3, -0.25) is 27.1 Å².